The van der Waals surface area contributed by atoms with Crippen LogP contribution < -0.4 is 14.6 Å². The predicted octanol–water partition coefficient (Wildman–Crippen LogP) is 3.40. The van der Waals surface area contributed by atoms with Crippen molar-refractivity contribution in [1.82, 2.24) is 14.6 Å². The summed E-state index contributed by atoms with van der Waals surface area (Å²) >= 11 is 0. The van der Waals surface area contributed by atoms with Gasteiger partial charge in [0.05, 0.1) is 0 Å². The Morgan fingerprint density at radius 1 is 0.789 bits per heavy atom. The van der Waals surface area contributed by atoms with Crippen LogP contribution in [0.3, 0.4) is 0 Å². The lowest BCUT2D eigenvalue weighted by molar-refractivity contribution is 0.672. The Morgan fingerprint density at radius 2 is 1.21 bits per heavy atom. The molecule has 3 N–H and O–H groups in total. The minimum atomic E-state index is -1.75. The van der Waals surface area contributed by atoms with Gasteiger partial charge >= 0.3 is 0 Å². The van der Waals surface area contributed by atoms with E-state index >= 15 is 0 Å². The maximum Gasteiger partial charge on any atom is 0.274 e. The van der Waals surface area contributed by atoms with Gasteiger partial charge in [0.15, 0.2) is 0 Å². The fourth-order valence-electron chi connectivity index (χ4n) is 3.03. The third-order valence-electron chi connectivity index (χ3n) is 4.18. The van der Waals surface area contributed by atoms with Gasteiger partial charge in [-0.3, -0.25) is 0 Å². The van der Waals surface area contributed by atoms with Crippen LogP contribution in [-0.2, 0) is 0 Å². The van der Waals surface area contributed by atoms with Crippen LogP contribution in [0.5, 0.6) is 0 Å². The Hall–Kier alpha value is 0.314. The largest absolute Gasteiger partial charge is 0.335 e. The molecule has 0 aromatic heterocycles. The first-order valence-electron chi connectivity index (χ1n) is 8.22. The molecule has 0 aliphatic heterocycles. The summed E-state index contributed by atoms with van der Waals surface area (Å²) < 4.78 is 4.22. The van der Waals surface area contributed by atoms with Crippen LogP contribution in [0.25, 0.3) is 0 Å². The molecule has 0 bridgehead atoms. The molecule has 19 heavy (non-hydrogen) atoms. The second-order valence-electron chi connectivity index (χ2n) is 6.03. The molecule has 0 aliphatic carbocycles. The molecule has 5 heteroatoms. The van der Waals surface area contributed by atoms with Crippen LogP contribution >= 0.6 is 0 Å². The third-order valence-corrected chi connectivity index (χ3v) is 15.4. The van der Waals surface area contributed by atoms with Crippen molar-refractivity contribution in [1.29, 1.82) is 0 Å². The van der Waals surface area contributed by atoms with Crippen LogP contribution in [0.1, 0.15) is 48.5 Å². The highest BCUT2D eigenvalue weighted by Gasteiger charge is 2.41. The Morgan fingerprint density at radius 3 is 1.47 bits per heavy atom. The zero-order valence-electron chi connectivity index (χ0n) is 14.3. The fraction of sp³-hybridized carbons (Fsp3) is 1.00. The molecule has 0 fully saturated rings. The summed E-state index contributed by atoms with van der Waals surface area (Å²) in [4.78, 5) is 7.68. The Bertz CT molecular complexity index is 216. The molecule has 0 aromatic carbocycles. The Kier molecular flexibility index (Phi) is 9.44. The van der Waals surface area contributed by atoms with Gasteiger partial charge in [-0.25, -0.2) is 0 Å². The molecule has 0 heterocycles. The second-order valence-corrected chi connectivity index (χ2v) is 14.6. The van der Waals surface area contributed by atoms with Gasteiger partial charge in [-0.05, 0) is 43.2 Å². The first kappa shape index (κ1) is 19.3. The molecule has 0 saturated heterocycles. The lowest BCUT2D eigenvalue weighted by atomic mass is 10.3. The van der Waals surface area contributed by atoms with Crippen molar-refractivity contribution >= 4 is 16.8 Å². The average Bonchev–Trinajstić information content (AvgIpc) is 2.36. The molecule has 0 aromatic rings. The van der Waals surface area contributed by atoms with Gasteiger partial charge < -0.3 is 14.6 Å². The highest BCUT2D eigenvalue weighted by Crippen LogP contribution is 2.21. The van der Waals surface area contributed by atoms with E-state index in [1.165, 1.54) is 24.2 Å². The maximum absolute atomic E-state index is 4.22. The van der Waals surface area contributed by atoms with Gasteiger partial charge in [0.2, 0.25) is 0 Å². The molecule has 0 amide bonds. The van der Waals surface area contributed by atoms with Gasteiger partial charge in [-0.1, -0.05) is 48.5 Å². The van der Waals surface area contributed by atoms with Crippen LogP contribution in [-0.4, -0.2) is 29.9 Å². The zero-order valence-corrected chi connectivity index (χ0v) is 16.3. The second kappa shape index (κ2) is 9.29. The fourth-order valence-corrected chi connectivity index (χ4v) is 14.2. The smallest absolute Gasteiger partial charge is 0.274 e. The molecule has 0 spiro atoms. The van der Waals surface area contributed by atoms with Crippen molar-refractivity contribution in [3.05, 3.63) is 0 Å². The summed E-state index contributed by atoms with van der Waals surface area (Å²) in [6.45, 7) is 18.4. The minimum absolute atomic E-state index is 0.731. The normalized spacial score (nSPS) is 13.3. The molecule has 0 atom stereocenters. The summed E-state index contributed by atoms with van der Waals surface area (Å²) in [7, 11) is -3.05. The summed E-state index contributed by atoms with van der Waals surface area (Å²) in [6, 6.07) is 5.28. The van der Waals surface area contributed by atoms with Crippen LogP contribution in [0.2, 0.25) is 24.2 Å². The zero-order chi connectivity index (χ0) is 14.9. The standard InChI is InChI=1S/C14H37N3Si2/c1-8-15-19(16-9-2,13-14(6)7)17-18(10-3,11-4)12-5/h14-17H,8-13H2,1-7H3. The van der Waals surface area contributed by atoms with Crippen molar-refractivity contribution in [2.75, 3.05) is 13.1 Å². The van der Waals surface area contributed by atoms with E-state index in [9.17, 15) is 0 Å². The van der Waals surface area contributed by atoms with Crippen LogP contribution in [0.4, 0.5) is 0 Å². The van der Waals surface area contributed by atoms with E-state index in [0.717, 1.165) is 19.0 Å². The van der Waals surface area contributed by atoms with Crippen LogP contribution in [0, 0.1) is 5.92 Å². The van der Waals surface area contributed by atoms with Gasteiger partial charge in [-0.2, -0.15) is 0 Å². The summed E-state index contributed by atoms with van der Waals surface area (Å²) in [5.74, 6) is 0.731. The van der Waals surface area contributed by atoms with Gasteiger partial charge in [-0.15, -0.1) is 0 Å². The highest BCUT2D eigenvalue weighted by molar-refractivity contribution is 6.91. The van der Waals surface area contributed by atoms with Gasteiger partial charge in [0.25, 0.3) is 8.56 Å². The third kappa shape index (κ3) is 6.08. The molecular weight excluding hydrogens is 266 g/mol. The van der Waals surface area contributed by atoms with Crippen LogP contribution in [0.15, 0.2) is 0 Å². The SMILES string of the molecule is CCN[Si](CC(C)C)(NCC)N[Si](CC)(CC)CC. The van der Waals surface area contributed by atoms with E-state index in [4.69, 9.17) is 0 Å². The number of rotatable bonds is 11. The van der Waals surface area contributed by atoms with E-state index in [2.05, 4.69) is 63.1 Å². The van der Waals surface area contributed by atoms with Crippen molar-refractivity contribution in [3.8, 4) is 0 Å². The lowest BCUT2D eigenvalue weighted by Crippen LogP contribution is -2.78. The van der Waals surface area contributed by atoms with Crippen molar-refractivity contribution < 1.29 is 0 Å². The number of nitrogens with one attached hydrogen (secondary N) is 3. The summed E-state index contributed by atoms with van der Waals surface area (Å²) in [5.41, 5.74) is 0. The van der Waals surface area contributed by atoms with E-state index < -0.39 is 16.8 Å². The predicted molar refractivity (Wildman–Crippen MR) is 93.1 cm³/mol. The molecule has 0 aliphatic rings. The van der Waals surface area contributed by atoms with Crippen molar-refractivity contribution in [3.63, 3.8) is 0 Å². The molecule has 116 valence electrons. The van der Waals surface area contributed by atoms with E-state index in [1.807, 2.05) is 0 Å². The molecule has 0 rings (SSSR count). The average molecular weight is 304 g/mol. The highest BCUT2D eigenvalue weighted by atomic mass is 28.4. The monoisotopic (exact) mass is 303 g/mol. The number of hydrogen-bond donors (Lipinski definition) is 3. The van der Waals surface area contributed by atoms with Crippen molar-refractivity contribution in [2.45, 2.75) is 72.6 Å². The van der Waals surface area contributed by atoms with Gasteiger partial charge in [0, 0.05) is 0 Å². The van der Waals surface area contributed by atoms with E-state index in [-0.39, 0.29) is 0 Å². The molecule has 0 radical (unpaired) electrons. The van der Waals surface area contributed by atoms with Gasteiger partial charge in [0.1, 0.15) is 8.24 Å². The number of hydrogen-bond acceptors (Lipinski definition) is 3. The van der Waals surface area contributed by atoms with E-state index in [1.54, 1.807) is 0 Å². The topological polar surface area (TPSA) is 36.1 Å². The maximum atomic E-state index is 4.22. The lowest BCUT2D eigenvalue weighted by Gasteiger charge is -2.43. The first-order valence-corrected chi connectivity index (χ1v) is 13.0. The first-order chi connectivity index (χ1) is 8.93. The Balaban J connectivity index is 5.17. The molecule has 0 saturated carbocycles. The molecule has 3 nitrogen and oxygen atoms in total. The summed E-state index contributed by atoms with van der Waals surface area (Å²) in [6.07, 6.45) is 0. The summed E-state index contributed by atoms with van der Waals surface area (Å²) in [5, 5.41) is 0. The quantitative estimate of drug-likeness (QED) is 0.512. The minimum Gasteiger partial charge on any atom is -0.335 e. The Labute approximate surface area is 123 Å². The van der Waals surface area contributed by atoms with E-state index in [0.29, 0.717) is 0 Å². The molecular formula is C14H37N3Si2. The molecule has 0 unspecified atom stereocenters. The van der Waals surface area contributed by atoms with Crippen molar-refractivity contribution in [2.24, 2.45) is 5.92 Å².